The van der Waals surface area contributed by atoms with Crippen LogP contribution in [0, 0.1) is 0 Å². The summed E-state index contributed by atoms with van der Waals surface area (Å²) in [6.45, 7) is 6.46. The highest BCUT2D eigenvalue weighted by atomic mass is 16.5. The monoisotopic (exact) mass is 262 g/mol. The van der Waals surface area contributed by atoms with Crippen LogP contribution in [0.5, 0.6) is 5.75 Å². The lowest BCUT2D eigenvalue weighted by atomic mass is 10.1. The van der Waals surface area contributed by atoms with Crippen LogP contribution in [0.3, 0.4) is 0 Å². The zero-order valence-electron chi connectivity index (χ0n) is 12.2. The van der Waals surface area contributed by atoms with Crippen molar-refractivity contribution in [2.45, 2.75) is 32.2 Å². The van der Waals surface area contributed by atoms with Gasteiger partial charge >= 0.3 is 0 Å². The summed E-state index contributed by atoms with van der Waals surface area (Å²) in [7, 11) is 1.98. The first-order chi connectivity index (χ1) is 9.31. The fourth-order valence-electron chi connectivity index (χ4n) is 2.59. The van der Waals surface area contributed by atoms with Crippen molar-refractivity contribution in [3.63, 3.8) is 0 Å². The fraction of sp³-hybridized carbons (Fsp3) is 0.625. The number of nitrogens with one attached hydrogen (secondary N) is 1. The molecule has 0 bridgehead atoms. The molecule has 1 saturated heterocycles. The Hall–Kier alpha value is -1.06. The number of hydrogen-bond donors (Lipinski definition) is 1. The molecule has 1 heterocycles. The lowest BCUT2D eigenvalue weighted by Gasteiger charge is -2.26. The van der Waals surface area contributed by atoms with Crippen molar-refractivity contribution in [1.82, 2.24) is 10.2 Å². The number of likely N-dealkylation sites (tertiary alicyclic amines) is 1. The van der Waals surface area contributed by atoms with Crippen molar-refractivity contribution < 1.29 is 4.74 Å². The number of rotatable bonds is 6. The molecule has 1 N–H and O–H groups in total. The van der Waals surface area contributed by atoms with Crippen molar-refractivity contribution in [1.29, 1.82) is 0 Å². The highest BCUT2D eigenvalue weighted by molar-refractivity contribution is 5.35. The van der Waals surface area contributed by atoms with Gasteiger partial charge in [-0.3, -0.25) is 4.90 Å². The number of piperidine rings is 1. The molecule has 1 aliphatic heterocycles. The summed E-state index contributed by atoms with van der Waals surface area (Å²) in [6.07, 6.45) is 4.07. The Kier molecular flexibility index (Phi) is 5.67. The van der Waals surface area contributed by atoms with Crippen LogP contribution in [0.15, 0.2) is 24.3 Å². The van der Waals surface area contributed by atoms with Crippen LogP contribution in [0.4, 0.5) is 0 Å². The molecule has 1 aliphatic rings. The molecule has 0 amide bonds. The third kappa shape index (κ3) is 4.22. The average molecular weight is 262 g/mol. The maximum atomic E-state index is 5.98. The van der Waals surface area contributed by atoms with Crippen LogP contribution in [-0.2, 0) is 0 Å². The summed E-state index contributed by atoms with van der Waals surface area (Å²) in [5, 5.41) is 3.27. The maximum Gasteiger partial charge on any atom is 0.124 e. The fourth-order valence-corrected chi connectivity index (χ4v) is 2.59. The standard InChI is InChI=1S/C16H26N2O/c1-14(17-2)15-8-4-5-9-16(15)19-13-12-18-10-6-3-7-11-18/h4-5,8-9,14,17H,3,6-7,10-13H2,1-2H3. The van der Waals surface area contributed by atoms with E-state index in [2.05, 4.69) is 35.3 Å². The number of benzene rings is 1. The molecule has 1 unspecified atom stereocenters. The first-order valence-corrected chi connectivity index (χ1v) is 7.42. The molecule has 0 radical (unpaired) electrons. The summed E-state index contributed by atoms with van der Waals surface area (Å²) in [4.78, 5) is 2.51. The highest BCUT2D eigenvalue weighted by Crippen LogP contribution is 2.24. The van der Waals surface area contributed by atoms with E-state index in [0.29, 0.717) is 6.04 Å². The van der Waals surface area contributed by atoms with E-state index in [9.17, 15) is 0 Å². The average Bonchev–Trinajstić information content (AvgIpc) is 2.48. The highest BCUT2D eigenvalue weighted by Gasteiger charge is 2.11. The van der Waals surface area contributed by atoms with Crippen molar-refractivity contribution in [3.05, 3.63) is 29.8 Å². The first-order valence-electron chi connectivity index (χ1n) is 7.42. The van der Waals surface area contributed by atoms with Crippen molar-refractivity contribution in [2.75, 3.05) is 33.3 Å². The molecule has 0 spiro atoms. The molecule has 19 heavy (non-hydrogen) atoms. The summed E-state index contributed by atoms with van der Waals surface area (Å²) in [5.74, 6) is 1.02. The molecule has 3 heteroatoms. The van der Waals surface area contributed by atoms with E-state index >= 15 is 0 Å². The molecule has 1 aromatic rings. The van der Waals surface area contributed by atoms with E-state index in [1.165, 1.54) is 37.9 Å². The minimum atomic E-state index is 0.325. The lowest BCUT2D eigenvalue weighted by Crippen LogP contribution is -2.33. The molecule has 1 atom stereocenters. The summed E-state index contributed by atoms with van der Waals surface area (Å²) in [5.41, 5.74) is 1.24. The van der Waals surface area contributed by atoms with Gasteiger partial charge in [-0.25, -0.2) is 0 Å². The van der Waals surface area contributed by atoms with Gasteiger partial charge in [-0.1, -0.05) is 24.6 Å². The van der Waals surface area contributed by atoms with Gasteiger partial charge in [-0.15, -0.1) is 0 Å². The number of para-hydroxylation sites is 1. The Balaban J connectivity index is 1.84. The minimum Gasteiger partial charge on any atom is -0.492 e. The van der Waals surface area contributed by atoms with Crippen molar-refractivity contribution >= 4 is 0 Å². The largest absolute Gasteiger partial charge is 0.492 e. The Morgan fingerprint density at radius 3 is 2.68 bits per heavy atom. The predicted octanol–water partition coefficient (Wildman–Crippen LogP) is 2.83. The van der Waals surface area contributed by atoms with Gasteiger partial charge in [0.25, 0.3) is 0 Å². The number of ether oxygens (including phenoxy) is 1. The number of hydrogen-bond acceptors (Lipinski definition) is 3. The van der Waals surface area contributed by atoms with Crippen molar-refractivity contribution in [2.24, 2.45) is 0 Å². The van der Waals surface area contributed by atoms with Crippen LogP contribution in [0.2, 0.25) is 0 Å². The zero-order valence-corrected chi connectivity index (χ0v) is 12.2. The Bertz CT molecular complexity index is 375. The third-order valence-electron chi connectivity index (χ3n) is 3.93. The van der Waals surface area contributed by atoms with Gasteiger partial charge in [-0.05, 0) is 46.0 Å². The zero-order chi connectivity index (χ0) is 13.5. The van der Waals surface area contributed by atoms with E-state index in [0.717, 1.165) is 18.9 Å². The summed E-state index contributed by atoms with van der Waals surface area (Å²) >= 11 is 0. The van der Waals surface area contributed by atoms with E-state index in [-0.39, 0.29) is 0 Å². The molecule has 1 fully saturated rings. The Labute approximate surface area is 116 Å². The van der Waals surface area contributed by atoms with E-state index in [1.54, 1.807) is 0 Å². The van der Waals surface area contributed by atoms with Crippen LogP contribution in [-0.4, -0.2) is 38.2 Å². The van der Waals surface area contributed by atoms with E-state index in [1.807, 2.05) is 13.1 Å². The van der Waals surface area contributed by atoms with Gasteiger partial charge in [0, 0.05) is 18.2 Å². The molecule has 0 saturated carbocycles. The normalized spacial score (nSPS) is 18.2. The molecule has 0 aliphatic carbocycles. The van der Waals surface area contributed by atoms with Gasteiger partial charge in [0.1, 0.15) is 12.4 Å². The van der Waals surface area contributed by atoms with Gasteiger partial charge in [0.2, 0.25) is 0 Å². The predicted molar refractivity (Wildman–Crippen MR) is 79.7 cm³/mol. The second kappa shape index (κ2) is 7.51. The first kappa shape index (κ1) is 14.4. The van der Waals surface area contributed by atoms with E-state index in [4.69, 9.17) is 4.74 Å². The van der Waals surface area contributed by atoms with Gasteiger partial charge < -0.3 is 10.1 Å². The molecule has 0 aromatic heterocycles. The minimum absolute atomic E-state index is 0.325. The molecule has 106 valence electrons. The molecule has 1 aromatic carbocycles. The van der Waals surface area contributed by atoms with Crippen LogP contribution < -0.4 is 10.1 Å². The van der Waals surface area contributed by atoms with Crippen LogP contribution in [0.1, 0.15) is 37.8 Å². The SMILES string of the molecule is CNC(C)c1ccccc1OCCN1CCCCC1. The summed E-state index contributed by atoms with van der Waals surface area (Å²) in [6, 6.07) is 8.64. The maximum absolute atomic E-state index is 5.98. The second-order valence-corrected chi connectivity index (χ2v) is 5.30. The molecule has 3 nitrogen and oxygen atoms in total. The second-order valence-electron chi connectivity index (χ2n) is 5.30. The quantitative estimate of drug-likeness (QED) is 0.853. The van der Waals surface area contributed by atoms with Crippen LogP contribution in [0.25, 0.3) is 0 Å². The van der Waals surface area contributed by atoms with Gasteiger partial charge in [-0.2, -0.15) is 0 Å². The lowest BCUT2D eigenvalue weighted by molar-refractivity contribution is 0.182. The third-order valence-corrected chi connectivity index (χ3v) is 3.93. The van der Waals surface area contributed by atoms with E-state index < -0.39 is 0 Å². The Morgan fingerprint density at radius 1 is 1.21 bits per heavy atom. The molecule has 2 rings (SSSR count). The topological polar surface area (TPSA) is 24.5 Å². The molecular formula is C16H26N2O. The summed E-state index contributed by atoms with van der Waals surface area (Å²) < 4.78 is 5.98. The van der Waals surface area contributed by atoms with Crippen LogP contribution >= 0.6 is 0 Å². The Morgan fingerprint density at radius 2 is 1.95 bits per heavy atom. The van der Waals surface area contributed by atoms with Gasteiger partial charge in [0.05, 0.1) is 0 Å². The van der Waals surface area contributed by atoms with Gasteiger partial charge in [0.15, 0.2) is 0 Å². The molecular weight excluding hydrogens is 236 g/mol. The number of nitrogens with zero attached hydrogens (tertiary/aromatic N) is 1. The smallest absolute Gasteiger partial charge is 0.124 e. The van der Waals surface area contributed by atoms with Crippen molar-refractivity contribution in [3.8, 4) is 5.75 Å².